The van der Waals surface area contributed by atoms with Gasteiger partial charge in [-0.2, -0.15) is 0 Å². The zero-order chi connectivity index (χ0) is 17.9. The maximum atomic E-state index is 12.2. The maximum absolute atomic E-state index is 12.2. The van der Waals surface area contributed by atoms with E-state index in [1.807, 2.05) is 0 Å². The first-order valence-corrected chi connectivity index (χ1v) is 6.79. The van der Waals surface area contributed by atoms with Crippen molar-refractivity contribution in [3.05, 3.63) is 41.5 Å². The second kappa shape index (κ2) is 6.82. The lowest BCUT2D eigenvalue weighted by molar-refractivity contribution is 0.104. The molecule has 0 aliphatic rings. The van der Waals surface area contributed by atoms with Crippen molar-refractivity contribution in [3.8, 4) is 34.5 Å². The molecule has 0 amide bonds. The van der Waals surface area contributed by atoms with Crippen LogP contribution in [-0.4, -0.2) is 40.4 Å². The standard InChI is InChI=1S/C17H16O7/c1-23-14-7-10(8-15(24-2)17(14)22)11(18)4-3-9-5-12(19)16(21)13(20)6-9/h3-8,19-22H,1-2H3. The molecule has 2 aromatic carbocycles. The Bertz CT molecular complexity index is 761. The largest absolute Gasteiger partial charge is 0.504 e. The average Bonchev–Trinajstić information content (AvgIpc) is 2.57. The smallest absolute Gasteiger partial charge is 0.200 e. The Labute approximate surface area is 137 Å². The number of phenolic OH excluding ortho intramolecular Hbond substituents is 4. The number of phenols is 4. The molecular formula is C17H16O7. The summed E-state index contributed by atoms with van der Waals surface area (Å²) in [6.45, 7) is 0. The van der Waals surface area contributed by atoms with Gasteiger partial charge in [-0.15, -0.1) is 0 Å². The number of methoxy groups -OCH3 is 2. The summed E-state index contributed by atoms with van der Waals surface area (Å²) in [6, 6.07) is 5.10. The van der Waals surface area contributed by atoms with E-state index in [4.69, 9.17) is 9.47 Å². The van der Waals surface area contributed by atoms with Crippen LogP contribution in [0.5, 0.6) is 34.5 Å². The van der Waals surface area contributed by atoms with Crippen molar-refractivity contribution >= 4 is 11.9 Å². The highest BCUT2D eigenvalue weighted by atomic mass is 16.5. The summed E-state index contributed by atoms with van der Waals surface area (Å²) < 4.78 is 9.97. The SMILES string of the molecule is COc1cc(C(=O)C=Cc2cc(O)c(O)c(O)c2)cc(OC)c1O. The van der Waals surface area contributed by atoms with Crippen molar-refractivity contribution in [2.24, 2.45) is 0 Å². The Kier molecular flexibility index (Phi) is 4.84. The average molecular weight is 332 g/mol. The van der Waals surface area contributed by atoms with Gasteiger partial charge in [-0.1, -0.05) is 6.08 Å². The number of carbonyl (C=O) groups excluding carboxylic acids is 1. The molecule has 0 radical (unpaired) electrons. The fourth-order valence-corrected chi connectivity index (χ4v) is 2.03. The van der Waals surface area contributed by atoms with Crippen molar-refractivity contribution < 1.29 is 34.7 Å². The number of aromatic hydroxyl groups is 4. The number of hydrogen-bond donors (Lipinski definition) is 4. The highest BCUT2D eigenvalue weighted by Gasteiger charge is 2.14. The quantitative estimate of drug-likeness (QED) is 0.377. The minimum absolute atomic E-state index is 0.0889. The molecule has 0 heterocycles. The molecule has 7 heteroatoms. The molecule has 0 bridgehead atoms. The normalized spacial score (nSPS) is 10.8. The highest BCUT2D eigenvalue weighted by Crippen LogP contribution is 2.38. The van der Waals surface area contributed by atoms with Crippen LogP contribution in [0, 0.1) is 0 Å². The Morgan fingerprint density at radius 2 is 1.38 bits per heavy atom. The molecule has 0 aromatic heterocycles. The van der Waals surface area contributed by atoms with Gasteiger partial charge in [0.15, 0.2) is 34.5 Å². The predicted molar refractivity (Wildman–Crippen MR) is 86.0 cm³/mol. The van der Waals surface area contributed by atoms with Crippen LogP contribution in [0.2, 0.25) is 0 Å². The van der Waals surface area contributed by atoms with Crippen molar-refractivity contribution in [2.45, 2.75) is 0 Å². The molecule has 0 aliphatic heterocycles. The number of rotatable bonds is 5. The number of ether oxygens (including phenoxy) is 2. The van der Waals surface area contributed by atoms with E-state index < -0.39 is 23.0 Å². The van der Waals surface area contributed by atoms with E-state index in [1.54, 1.807) is 0 Å². The third-order valence-corrected chi connectivity index (χ3v) is 3.28. The molecule has 24 heavy (non-hydrogen) atoms. The van der Waals surface area contributed by atoms with Crippen LogP contribution in [0.25, 0.3) is 6.08 Å². The number of ketones is 1. The van der Waals surface area contributed by atoms with E-state index in [2.05, 4.69) is 0 Å². The van der Waals surface area contributed by atoms with Gasteiger partial charge in [0.25, 0.3) is 0 Å². The molecule has 0 fully saturated rings. The van der Waals surface area contributed by atoms with Gasteiger partial charge >= 0.3 is 0 Å². The highest BCUT2D eigenvalue weighted by molar-refractivity contribution is 6.07. The molecule has 4 N–H and O–H groups in total. The summed E-state index contributed by atoms with van der Waals surface area (Å²) in [5.41, 5.74) is 0.527. The lowest BCUT2D eigenvalue weighted by Crippen LogP contribution is -1.98. The van der Waals surface area contributed by atoms with Crippen LogP contribution in [0.3, 0.4) is 0 Å². The fraction of sp³-hybridized carbons (Fsp3) is 0.118. The number of benzene rings is 2. The van der Waals surface area contributed by atoms with Gasteiger partial charge in [0, 0.05) is 5.56 Å². The second-order valence-electron chi connectivity index (χ2n) is 4.83. The summed E-state index contributed by atoms with van der Waals surface area (Å²) >= 11 is 0. The van der Waals surface area contributed by atoms with Gasteiger partial charge in [-0.3, -0.25) is 4.79 Å². The summed E-state index contributed by atoms with van der Waals surface area (Å²) in [4.78, 5) is 12.2. The van der Waals surface area contributed by atoms with Crippen LogP contribution in [0.1, 0.15) is 15.9 Å². The third kappa shape index (κ3) is 3.35. The lowest BCUT2D eigenvalue weighted by atomic mass is 10.1. The third-order valence-electron chi connectivity index (χ3n) is 3.28. The van der Waals surface area contributed by atoms with Gasteiger partial charge in [-0.05, 0) is 35.9 Å². The second-order valence-corrected chi connectivity index (χ2v) is 4.83. The summed E-state index contributed by atoms with van der Waals surface area (Å²) in [5.74, 6) is -2.10. The number of carbonyl (C=O) groups is 1. The van der Waals surface area contributed by atoms with Crippen LogP contribution in [0.4, 0.5) is 0 Å². The van der Waals surface area contributed by atoms with Crippen molar-refractivity contribution in [1.82, 2.24) is 0 Å². The van der Waals surface area contributed by atoms with Crippen LogP contribution in [-0.2, 0) is 0 Å². The lowest BCUT2D eigenvalue weighted by Gasteiger charge is -2.09. The van der Waals surface area contributed by atoms with Crippen LogP contribution < -0.4 is 9.47 Å². The molecule has 7 nitrogen and oxygen atoms in total. The number of allylic oxidation sites excluding steroid dienone is 1. The Morgan fingerprint density at radius 3 is 1.83 bits per heavy atom. The minimum atomic E-state index is -0.633. The summed E-state index contributed by atoms with van der Waals surface area (Å²) in [7, 11) is 2.70. The molecule has 0 saturated heterocycles. The van der Waals surface area contributed by atoms with E-state index in [9.17, 15) is 25.2 Å². The molecule has 0 aliphatic carbocycles. The van der Waals surface area contributed by atoms with E-state index in [0.717, 1.165) is 0 Å². The first kappa shape index (κ1) is 17.0. The minimum Gasteiger partial charge on any atom is -0.504 e. The molecule has 126 valence electrons. The van der Waals surface area contributed by atoms with Gasteiger partial charge in [0.05, 0.1) is 14.2 Å². The molecule has 0 atom stereocenters. The van der Waals surface area contributed by atoms with E-state index in [1.165, 1.54) is 50.6 Å². The van der Waals surface area contributed by atoms with Crippen molar-refractivity contribution in [3.63, 3.8) is 0 Å². The van der Waals surface area contributed by atoms with Gasteiger partial charge in [0.1, 0.15) is 0 Å². The summed E-state index contributed by atoms with van der Waals surface area (Å²) in [6.07, 6.45) is 2.56. The van der Waals surface area contributed by atoms with Crippen LogP contribution >= 0.6 is 0 Å². The number of hydrogen-bond acceptors (Lipinski definition) is 7. The fourth-order valence-electron chi connectivity index (χ4n) is 2.03. The first-order chi connectivity index (χ1) is 11.4. The van der Waals surface area contributed by atoms with Crippen molar-refractivity contribution in [1.29, 1.82) is 0 Å². The van der Waals surface area contributed by atoms with Crippen LogP contribution in [0.15, 0.2) is 30.3 Å². The topological polar surface area (TPSA) is 116 Å². The van der Waals surface area contributed by atoms with Gasteiger partial charge in [-0.25, -0.2) is 0 Å². The van der Waals surface area contributed by atoms with Gasteiger partial charge in [0.2, 0.25) is 5.75 Å². The maximum Gasteiger partial charge on any atom is 0.200 e. The first-order valence-electron chi connectivity index (χ1n) is 6.79. The van der Waals surface area contributed by atoms with E-state index >= 15 is 0 Å². The molecule has 2 rings (SSSR count). The van der Waals surface area contributed by atoms with Gasteiger partial charge < -0.3 is 29.9 Å². The molecule has 0 spiro atoms. The van der Waals surface area contributed by atoms with E-state index in [0.29, 0.717) is 5.56 Å². The Morgan fingerprint density at radius 1 is 0.875 bits per heavy atom. The molecular weight excluding hydrogens is 316 g/mol. The predicted octanol–water partition coefficient (Wildman–Crippen LogP) is 2.42. The van der Waals surface area contributed by atoms with Crippen molar-refractivity contribution in [2.75, 3.05) is 14.2 Å². The monoisotopic (exact) mass is 332 g/mol. The molecule has 2 aromatic rings. The molecule has 0 unspecified atom stereocenters. The zero-order valence-corrected chi connectivity index (χ0v) is 13.0. The Hall–Kier alpha value is -3.35. The van der Waals surface area contributed by atoms with E-state index in [-0.39, 0.29) is 22.8 Å². The zero-order valence-electron chi connectivity index (χ0n) is 13.0. The summed E-state index contributed by atoms with van der Waals surface area (Å²) in [5, 5.41) is 38.0. The molecule has 0 saturated carbocycles. The Balaban J connectivity index is 2.33.